The predicted octanol–water partition coefficient (Wildman–Crippen LogP) is 2.80. The lowest BCUT2D eigenvalue weighted by atomic mass is 9.80. The van der Waals surface area contributed by atoms with Crippen LogP contribution in [0.3, 0.4) is 0 Å². The number of carboxylic acid groups (broad SMARTS) is 1. The molecule has 2 heterocycles. The SMILES string of the molecule is O=C(O)CN1C(=O)C2(CC(=O)N(CC3=CCCc4ccccc43)C2=O)c2cc(Cl)ccc21. The van der Waals surface area contributed by atoms with E-state index in [2.05, 4.69) is 0 Å². The maximum atomic E-state index is 13.7. The number of allylic oxidation sites excluding steroid dienone is 1. The molecule has 1 unspecified atom stereocenters. The van der Waals surface area contributed by atoms with Crippen LogP contribution in [0.2, 0.25) is 5.02 Å². The first kappa shape index (κ1) is 20.5. The molecule has 1 saturated heterocycles. The zero-order valence-electron chi connectivity index (χ0n) is 17.0. The van der Waals surface area contributed by atoms with E-state index in [4.69, 9.17) is 11.6 Å². The zero-order valence-corrected chi connectivity index (χ0v) is 17.8. The Balaban J connectivity index is 1.55. The molecule has 0 saturated carbocycles. The molecule has 162 valence electrons. The lowest BCUT2D eigenvalue weighted by molar-refractivity contribution is -0.142. The Morgan fingerprint density at radius 3 is 2.59 bits per heavy atom. The molecule has 2 aliphatic heterocycles. The number of imide groups is 1. The van der Waals surface area contributed by atoms with Crippen molar-refractivity contribution in [3.63, 3.8) is 0 Å². The summed E-state index contributed by atoms with van der Waals surface area (Å²) in [4.78, 5) is 53.7. The van der Waals surface area contributed by atoms with Crippen LogP contribution >= 0.6 is 11.6 Å². The normalized spacial score (nSPS) is 21.8. The van der Waals surface area contributed by atoms with E-state index in [0.717, 1.165) is 39.3 Å². The third kappa shape index (κ3) is 2.88. The summed E-state index contributed by atoms with van der Waals surface area (Å²) in [6.07, 6.45) is 3.37. The first-order valence-electron chi connectivity index (χ1n) is 10.3. The molecule has 1 fully saturated rings. The minimum absolute atomic E-state index is 0.0680. The first-order chi connectivity index (χ1) is 15.3. The van der Waals surface area contributed by atoms with Crippen molar-refractivity contribution in [1.82, 2.24) is 4.90 Å². The average Bonchev–Trinajstić information content (AvgIpc) is 3.14. The van der Waals surface area contributed by atoms with Crippen molar-refractivity contribution >= 4 is 46.6 Å². The number of amides is 3. The number of benzene rings is 2. The molecule has 32 heavy (non-hydrogen) atoms. The Kier molecular flexibility index (Phi) is 4.67. The topological polar surface area (TPSA) is 95.0 Å². The van der Waals surface area contributed by atoms with Crippen LogP contribution in [0.4, 0.5) is 5.69 Å². The zero-order chi connectivity index (χ0) is 22.6. The summed E-state index contributed by atoms with van der Waals surface area (Å²) in [5, 5.41) is 9.59. The number of hydrogen-bond acceptors (Lipinski definition) is 4. The van der Waals surface area contributed by atoms with Crippen molar-refractivity contribution in [1.29, 1.82) is 0 Å². The number of aryl methyl sites for hydroxylation is 1. The van der Waals surface area contributed by atoms with Crippen LogP contribution in [0.25, 0.3) is 5.57 Å². The molecular weight excluding hydrogens is 432 g/mol. The van der Waals surface area contributed by atoms with E-state index in [0.29, 0.717) is 10.7 Å². The molecular formula is C24H19ClN2O5. The molecule has 0 bridgehead atoms. The Hall–Kier alpha value is -3.45. The number of rotatable bonds is 4. The van der Waals surface area contributed by atoms with E-state index in [-0.39, 0.29) is 18.5 Å². The molecule has 3 amide bonds. The number of aliphatic carboxylic acids is 1. The molecule has 2 aromatic rings. The highest BCUT2D eigenvalue weighted by Gasteiger charge is 2.64. The van der Waals surface area contributed by atoms with Gasteiger partial charge in [0, 0.05) is 16.3 Å². The molecule has 1 atom stereocenters. The third-order valence-electron chi connectivity index (χ3n) is 6.44. The number of carbonyl (C=O) groups excluding carboxylic acids is 3. The number of nitrogens with zero attached hydrogens (tertiary/aromatic N) is 2. The van der Waals surface area contributed by atoms with Crippen molar-refractivity contribution in [3.05, 3.63) is 70.3 Å². The maximum Gasteiger partial charge on any atom is 0.323 e. The van der Waals surface area contributed by atoms with Gasteiger partial charge in [-0.15, -0.1) is 0 Å². The van der Waals surface area contributed by atoms with Crippen LogP contribution in [0, 0.1) is 0 Å². The first-order valence-corrected chi connectivity index (χ1v) is 10.7. The summed E-state index contributed by atoms with van der Waals surface area (Å²) >= 11 is 6.15. The summed E-state index contributed by atoms with van der Waals surface area (Å²) in [6.45, 7) is -0.534. The van der Waals surface area contributed by atoms with Crippen molar-refractivity contribution in [3.8, 4) is 0 Å². The Morgan fingerprint density at radius 2 is 1.81 bits per heavy atom. The van der Waals surface area contributed by atoms with Crippen molar-refractivity contribution in [2.45, 2.75) is 24.7 Å². The molecule has 5 rings (SSSR count). The maximum absolute atomic E-state index is 13.7. The van der Waals surface area contributed by atoms with Gasteiger partial charge in [-0.05, 0) is 47.7 Å². The fraction of sp³-hybridized carbons (Fsp3) is 0.250. The van der Waals surface area contributed by atoms with E-state index >= 15 is 0 Å². The standard InChI is InChI=1S/C24H19ClN2O5/c25-16-8-9-19-18(10-16)24(22(31)26(19)13-21(29)30)11-20(28)27(23(24)32)12-15-6-3-5-14-4-1-2-7-17(14)15/h1-2,4,6-10H,3,5,11-13H2,(H,29,30). The minimum atomic E-state index is -1.78. The Bertz CT molecular complexity index is 1240. The van der Waals surface area contributed by atoms with Gasteiger partial charge in [-0.25, -0.2) is 0 Å². The molecule has 8 heteroatoms. The number of likely N-dealkylation sites (tertiary alicyclic amines) is 1. The van der Waals surface area contributed by atoms with Crippen molar-refractivity contribution in [2.24, 2.45) is 0 Å². The van der Waals surface area contributed by atoms with Gasteiger partial charge >= 0.3 is 5.97 Å². The lowest BCUT2D eigenvalue weighted by Gasteiger charge is -2.24. The van der Waals surface area contributed by atoms with Crippen LogP contribution < -0.4 is 4.90 Å². The molecule has 1 N–H and O–H groups in total. The van der Waals surface area contributed by atoms with Crippen LogP contribution in [0.1, 0.15) is 29.5 Å². The van der Waals surface area contributed by atoms with Crippen LogP contribution in [-0.4, -0.2) is 46.8 Å². The molecule has 2 aromatic carbocycles. The van der Waals surface area contributed by atoms with Gasteiger partial charge in [-0.1, -0.05) is 41.9 Å². The molecule has 7 nitrogen and oxygen atoms in total. The van der Waals surface area contributed by atoms with Gasteiger partial charge in [-0.2, -0.15) is 0 Å². The van der Waals surface area contributed by atoms with E-state index in [1.165, 1.54) is 18.2 Å². The monoisotopic (exact) mass is 450 g/mol. The summed E-state index contributed by atoms with van der Waals surface area (Å²) < 4.78 is 0. The van der Waals surface area contributed by atoms with Crippen LogP contribution in [0.15, 0.2) is 48.5 Å². The largest absolute Gasteiger partial charge is 0.480 e. The van der Waals surface area contributed by atoms with Gasteiger partial charge in [0.2, 0.25) is 17.7 Å². The van der Waals surface area contributed by atoms with E-state index < -0.39 is 35.7 Å². The highest BCUT2D eigenvalue weighted by Crippen LogP contribution is 2.49. The fourth-order valence-electron chi connectivity index (χ4n) is 5.00. The highest BCUT2D eigenvalue weighted by atomic mass is 35.5. The van der Waals surface area contributed by atoms with Crippen molar-refractivity contribution in [2.75, 3.05) is 18.0 Å². The van der Waals surface area contributed by atoms with E-state index in [1.807, 2.05) is 30.3 Å². The number of carboxylic acids is 1. The van der Waals surface area contributed by atoms with Gasteiger partial charge < -0.3 is 5.11 Å². The molecule has 0 aromatic heterocycles. The number of anilines is 1. The number of fused-ring (bicyclic) bond motifs is 3. The summed E-state index contributed by atoms with van der Waals surface area (Å²) in [5.41, 5.74) is 1.82. The predicted molar refractivity (Wildman–Crippen MR) is 117 cm³/mol. The minimum Gasteiger partial charge on any atom is -0.480 e. The molecule has 1 aliphatic carbocycles. The number of hydrogen-bond donors (Lipinski definition) is 1. The second-order valence-electron chi connectivity index (χ2n) is 8.24. The Morgan fingerprint density at radius 1 is 1.06 bits per heavy atom. The quantitative estimate of drug-likeness (QED) is 0.571. The van der Waals surface area contributed by atoms with Crippen LogP contribution in [-0.2, 0) is 31.0 Å². The smallest absolute Gasteiger partial charge is 0.323 e. The summed E-state index contributed by atoms with van der Waals surface area (Å²) in [6, 6.07) is 12.4. The van der Waals surface area contributed by atoms with Gasteiger partial charge in [0.1, 0.15) is 6.54 Å². The average molecular weight is 451 g/mol. The van der Waals surface area contributed by atoms with Crippen LogP contribution in [0.5, 0.6) is 0 Å². The molecule has 0 radical (unpaired) electrons. The van der Waals surface area contributed by atoms with Gasteiger partial charge in [0.15, 0.2) is 5.41 Å². The summed E-state index contributed by atoms with van der Waals surface area (Å²) in [7, 11) is 0. The van der Waals surface area contributed by atoms with Gasteiger partial charge in [0.05, 0.1) is 13.0 Å². The second kappa shape index (κ2) is 7.31. The second-order valence-corrected chi connectivity index (χ2v) is 8.68. The molecule has 1 spiro atoms. The molecule has 3 aliphatic rings. The fourth-order valence-corrected chi connectivity index (χ4v) is 5.17. The van der Waals surface area contributed by atoms with E-state index in [9.17, 15) is 24.3 Å². The van der Waals surface area contributed by atoms with E-state index in [1.54, 1.807) is 0 Å². The summed E-state index contributed by atoms with van der Waals surface area (Å²) in [5.74, 6) is -3.01. The Labute approximate surface area is 188 Å². The van der Waals surface area contributed by atoms with Gasteiger partial charge in [-0.3, -0.25) is 29.0 Å². The number of carbonyl (C=O) groups is 4. The number of halogens is 1. The lowest BCUT2D eigenvalue weighted by Crippen LogP contribution is -2.47. The van der Waals surface area contributed by atoms with Crippen molar-refractivity contribution < 1.29 is 24.3 Å². The van der Waals surface area contributed by atoms with Gasteiger partial charge in [0.25, 0.3) is 0 Å². The third-order valence-corrected chi connectivity index (χ3v) is 6.67. The highest BCUT2D eigenvalue weighted by molar-refractivity contribution is 6.33.